The largest absolute Gasteiger partial charge is 0.481 e. The number of nitrogens with zero attached hydrogens (tertiary/aromatic N) is 3. The maximum absolute atomic E-state index is 13.0. The smallest absolute Gasteiger partial charge is 0.308 e. The lowest BCUT2D eigenvalue weighted by Gasteiger charge is -2.16. The van der Waals surface area contributed by atoms with Crippen LogP contribution >= 0.6 is 24.8 Å². The van der Waals surface area contributed by atoms with Crippen LogP contribution < -0.4 is 0 Å². The van der Waals surface area contributed by atoms with E-state index in [0.29, 0.717) is 24.3 Å². The number of benzene rings is 1. The Kier molecular flexibility index (Phi) is 6.74. The zero-order valence-electron chi connectivity index (χ0n) is 12.5. The molecular weight excluding hydrogens is 360 g/mol. The highest BCUT2D eigenvalue weighted by atomic mass is 35.5. The van der Waals surface area contributed by atoms with Crippen molar-refractivity contribution in [3.63, 3.8) is 0 Å². The van der Waals surface area contributed by atoms with Gasteiger partial charge in [-0.05, 0) is 30.7 Å². The van der Waals surface area contributed by atoms with Gasteiger partial charge in [0, 0.05) is 18.8 Å². The molecule has 1 atom stereocenters. The molecule has 2 aromatic rings. The van der Waals surface area contributed by atoms with Crippen molar-refractivity contribution >= 4 is 36.7 Å². The number of carboxylic acids is 1. The summed E-state index contributed by atoms with van der Waals surface area (Å²) in [7, 11) is 0. The fourth-order valence-corrected chi connectivity index (χ4v) is 2.57. The summed E-state index contributed by atoms with van der Waals surface area (Å²) in [5, 5.41) is 9.01. The standard InChI is InChI=1S/C15H14FN3O3.2ClH/c16-11-1-3-12(4-2-11)19-9-17-7-13(19)14(20)18-6-5-10(8-18)15(21)22;;/h1-4,7,9-10H,5-6,8H2,(H,21,22);2*1H. The van der Waals surface area contributed by atoms with Crippen molar-refractivity contribution in [2.45, 2.75) is 6.42 Å². The first kappa shape index (κ1) is 19.9. The number of carboxylic acid groups (broad SMARTS) is 1. The molecule has 130 valence electrons. The molecule has 0 bridgehead atoms. The molecule has 1 aromatic carbocycles. The minimum atomic E-state index is -0.887. The van der Waals surface area contributed by atoms with Gasteiger partial charge in [0.25, 0.3) is 5.91 Å². The minimum Gasteiger partial charge on any atom is -0.481 e. The predicted molar refractivity (Wildman–Crippen MR) is 89.7 cm³/mol. The minimum absolute atomic E-state index is 0. The molecule has 0 radical (unpaired) electrons. The summed E-state index contributed by atoms with van der Waals surface area (Å²) in [5.74, 6) is -2.04. The van der Waals surface area contributed by atoms with Crippen molar-refractivity contribution in [1.82, 2.24) is 14.5 Å². The summed E-state index contributed by atoms with van der Waals surface area (Å²) in [4.78, 5) is 29.0. The first-order valence-corrected chi connectivity index (χ1v) is 6.86. The Bertz CT molecular complexity index is 721. The fraction of sp³-hybridized carbons (Fsp3) is 0.267. The zero-order chi connectivity index (χ0) is 15.7. The number of hydrogen-bond donors (Lipinski definition) is 1. The number of carbonyl (C=O) groups excluding carboxylic acids is 1. The summed E-state index contributed by atoms with van der Waals surface area (Å²) in [6.45, 7) is 0.604. The molecule has 1 aliphatic rings. The Hall–Kier alpha value is -2.12. The summed E-state index contributed by atoms with van der Waals surface area (Å²) >= 11 is 0. The molecule has 24 heavy (non-hydrogen) atoms. The number of hydrogen-bond acceptors (Lipinski definition) is 3. The number of likely N-dealkylation sites (tertiary alicyclic amines) is 1. The van der Waals surface area contributed by atoms with Crippen LogP contribution in [0.1, 0.15) is 16.9 Å². The van der Waals surface area contributed by atoms with E-state index in [9.17, 15) is 14.0 Å². The van der Waals surface area contributed by atoms with Crippen molar-refractivity contribution in [3.8, 4) is 5.69 Å². The summed E-state index contributed by atoms with van der Waals surface area (Å²) in [5.41, 5.74) is 0.953. The molecule has 0 spiro atoms. The van der Waals surface area contributed by atoms with Gasteiger partial charge in [-0.15, -0.1) is 24.8 Å². The molecule has 1 aromatic heterocycles. The lowest BCUT2D eigenvalue weighted by Crippen LogP contribution is -2.31. The third kappa shape index (κ3) is 3.85. The fourth-order valence-electron chi connectivity index (χ4n) is 2.57. The predicted octanol–water partition coefficient (Wildman–Crippen LogP) is 2.40. The van der Waals surface area contributed by atoms with E-state index in [1.807, 2.05) is 0 Å². The molecule has 1 fully saturated rings. The van der Waals surface area contributed by atoms with E-state index in [1.54, 1.807) is 16.7 Å². The van der Waals surface area contributed by atoms with Gasteiger partial charge in [0.1, 0.15) is 11.5 Å². The van der Waals surface area contributed by atoms with Crippen LogP contribution in [0.25, 0.3) is 5.69 Å². The number of aromatic nitrogens is 2. The van der Waals surface area contributed by atoms with Crippen LogP contribution in [0.4, 0.5) is 4.39 Å². The third-order valence-corrected chi connectivity index (χ3v) is 3.79. The van der Waals surface area contributed by atoms with E-state index >= 15 is 0 Å². The Labute approximate surface area is 150 Å². The number of aliphatic carboxylic acids is 1. The second kappa shape index (κ2) is 8.12. The van der Waals surface area contributed by atoms with Gasteiger partial charge in [-0.2, -0.15) is 0 Å². The Morgan fingerprint density at radius 2 is 1.88 bits per heavy atom. The monoisotopic (exact) mass is 375 g/mol. The molecule has 3 rings (SSSR count). The van der Waals surface area contributed by atoms with Gasteiger partial charge >= 0.3 is 5.97 Å². The molecule has 1 aliphatic heterocycles. The second-order valence-corrected chi connectivity index (χ2v) is 5.20. The van der Waals surface area contributed by atoms with E-state index < -0.39 is 11.9 Å². The van der Waals surface area contributed by atoms with Crippen LogP contribution in [0.5, 0.6) is 0 Å². The van der Waals surface area contributed by atoms with Crippen molar-refractivity contribution in [2.75, 3.05) is 13.1 Å². The summed E-state index contributed by atoms with van der Waals surface area (Å²) in [6, 6.07) is 5.72. The molecule has 2 heterocycles. The van der Waals surface area contributed by atoms with Crippen LogP contribution in [0.15, 0.2) is 36.8 Å². The Morgan fingerprint density at radius 1 is 1.21 bits per heavy atom. The molecule has 6 nitrogen and oxygen atoms in total. The van der Waals surface area contributed by atoms with Gasteiger partial charge in [-0.3, -0.25) is 14.2 Å². The van der Waals surface area contributed by atoms with Gasteiger partial charge < -0.3 is 10.0 Å². The quantitative estimate of drug-likeness (QED) is 0.893. The molecule has 9 heteroatoms. The van der Waals surface area contributed by atoms with E-state index in [2.05, 4.69) is 4.98 Å². The SMILES string of the molecule is Cl.Cl.O=C(O)C1CCN(C(=O)c2cncn2-c2ccc(F)cc2)C1. The third-order valence-electron chi connectivity index (χ3n) is 3.79. The first-order chi connectivity index (χ1) is 10.6. The summed E-state index contributed by atoms with van der Waals surface area (Å²) < 4.78 is 14.6. The first-order valence-electron chi connectivity index (χ1n) is 6.86. The lowest BCUT2D eigenvalue weighted by molar-refractivity contribution is -0.141. The molecule has 1 saturated heterocycles. The normalized spacial score (nSPS) is 16.2. The number of imidazole rings is 1. The van der Waals surface area contributed by atoms with Gasteiger partial charge in [0.2, 0.25) is 0 Å². The molecule has 1 N–H and O–H groups in total. The topological polar surface area (TPSA) is 75.4 Å². The highest BCUT2D eigenvalue weighted by Crippen LogP contribution is 2.20. The molecule has 1 unspecified atom stereocenters. The van der Waals surface area contributed by atoms with E-state index in [1.165, 1.54) is 29.6 Å². The number of halogens is 3. The molecule has 0 saturated carbocycles. The summed E-state index contributed by atoms with van der Waals surface area (Å²) in [6.07, 6.45) is 3.36. The highest BCUT2D eigenvalue weighted by molar-refractivity contribution is 5.93. The molecular formula is C15H16Cl2FN3O3. The number of rotatable bonds is 3. The van der Waals surface area contributed by atoms with E-state index in [0.717, 1.165) is 0 Å². The molecule has 1 amide bonds. The van der Waals surface area contributed by atoms with Crippen LogP contribution in [-0.4, -0.2) is 44.5 Å². The maximum atomic E-state index is 13.0. The average Bonchev–Trinajstić information content (AvgIpc) is 3.17. The maximum Gasteiger partial charge on any atom is 0.308 e. The van der Waals surface area contributed by atoms with Gasteiger partial charge in [-0.1, -0.05) is 0 Å². The van der Waals surface area contributed by atoms with Crippen molar-refractivity contribution in [2.24, 2.45) is 5.92 Å². The molecule has 0 aliphatic carbocycles. The highest BCUT2D eigenvalue weighted by Gasteiger charge is 2.32. The van der Waals surface area contributed by atoms with Crippen molar-refractivity contribution < 1.29 is 19.1 Å². The van der Waals surface area contributed by atoms with Crippen molar-refractivity contribution in [3.05, 3.63) is 48.3 Å². The Balaban J connectivity index is 0.00000144. The lowest BCUT2D eigenvalue weighted by atomic mass is 10.1. The van der Waals surface area contributed by atoms with Crippen molar-refractivity contribution in [1.29, 1.82) is 0 Å². The van der Waals surface area contributed by atoms with E-state index in [4.69, 9.17) is 5.11 Å². The van der Waals surface area contributed by atoms with Crippen LogP contribution in [0, 0.1) is 11.7 Å². The van der Waals surface area contributed by atoms with Crippen LogP contribution in [-0.2, 0) is 4.79 Å². The second-order valence-electron chi connectivity index (χ2n) is 5.20. The van der Waals surface area contributed by atoms with Crippen LogP contribution in [0.2, 0.25) is 0 Å². The van der Waals surface area contributed by atoms with E-state index in [-0.39, 0.29) is 43.1 Å². The number of carbonyl (C=O) groups is 2. The zero-order valence-corrected chi connectivity index (χ0v) is 14.1. The Morgan fingerprint density at radius 3 is 2.46 bits per heavy atom. The number of amides is 1. The van der Waals surface area contributed by atoms with Crippen LogP contribution in [0.3, 0.4) is 0 Å². The van der Waals surface area contributed by atoms with Gasteiger partial charge in [0.05, 0.1) is 18.4 Å². The van der Waals surface area contributed by atoms with Gasteiger partial charge in [-0.25, -0.2) is 9.37 Å². The van der Waals surface area contributed by atoms with Gasteiger partial charge in [0.15, 0.2) is 0 Å². The average molecular weight is 376 g/mol.